The van der Waals surface area contributed by atoms with Gasteiger partial charge in [-0.05, 0) is 36.8 Å². The Balaban J connectivity index is 1.42. The van der Waals surface area contributed by atoms with Gasteiger partial charge in [-0.1, -0.05) is 28.9 Å². The lowest BCUT2D eigenvalue weighted by Crippen LogP contribution is -2.24. The number of hydrogen-bond donors (Lipinski definition) is 0. The molecule has 0 atom stereocenters. The molecule has 29 heavy (non-hydrogen) atoms. The van der Waals surface area contributed by atoms with Crippen molar-refractivity contribution >= 4 is 38.3 Å². The lowest BCUT2D eigenvalue weighted by molar-refractivity contribution is 0.421. The summed E-state index contributed by atoms with van der Waals surface area (Å²) >= 11 is 6.40. The maximum atomic E-state index is 12.1. The van der Waals surface area contributed by atoms with Crippen molar-refractivity contribution in [2.24, 2.45) is 0 Å². The van der Waals surface area contributed by atoms with Gasteiger partial charge >= 0.3 is 0 Å². The molecule has 0 amide bonds. The molecule has 0 radical (unpaired) electrons. The highest BCUT2D eigenvalue weighted by molar-refractivity contribution is 7.93. The zero-order valence-corrected chi connectivity index (χ0v) is 16.8. The van der Waals surface area contributed by atoms with Gasteiger partial charge in [-0.25, -0.2) is 13.4 Å². The molecule has 1 fully saturated rings. The zero-order valence-electron chi connectivity index (χ0n) is 15.2. The smallest absolute Gasteiger partial charge is 0.259 e. The number of sulfonamides is 1. The zero-order chi connectivity index (χ0) is 20.0. The Kier molecular flexibility index (Phi) is 4.29. The van der Waals surface area contributed by atoms with Crippen molar-refractivity contribution in [3.8, 4) is 11.5 Å². The van der Waals surface area contributed by atoms with E-state index in [1.54, 1.807) is 24.5 Å². The van der Waals surface area contributed by atoms with Crippen LogP contribution in [0.5, 0.6) is 0 Å². The van der Waals surface area contributed by atoms with E-state index in [-0.39, 0.29) is 11.6 Å². The molecule has 148 valence electrons. The molecule has 2 aromatic carbocycles. The van der Waals surface area contributed by atoms with Crippen molar-refractivity contribution in [1.29, 1.82) is 0 Å². The first-order valence-electron chi connectivity index (χ1n) is 9.04. The van der Waals surface area contributed by atoms with Crippen LogP contribution in [0.15, 0.2) is 53.3 Å². The molecule has 1 aliphatic heterocycles. The van der Waals surface area contributed by atoms with E-state index in [9.17, 15) is 8.42 Å². The van der Waals surface area contributed by atoms with E-state index in [0.29, 0.717) is 41.6 Å². The van der Waals surface area contributed by atoms with Crippen LogP contribution in [0.4, 0.5) is 5.69 Å². The molecule has 0 spiro atoms. The van der Waals surface area contributed by atoms with Gasteiger partial charge in [0, 0.05) is 6.54 Å². The van der Waals surface area contributed by atoms with E-state index in [0.717, 1.165) is 11.0 Å². The molecule has 0 aliphatic carbocycles. The van der Waals surface area contributed by atoms with E-state index in [1.807, 2.05) is 28.8 Å². The first-order valence-corrected chi connectivity index (χ1v) is 11.0. The molecule has 10 heteroatoms. The summed E-state index contributed by atoms with van der Waals surface area (Å²) in [5.74, 6) is 0.929. The first kappa shape index (κ1) is 18.1. The first-order chi connectivity index (χ1) is 14.0. The summed E-state index contributed by atoms with van der Waals surface area (Å²) in [4.78, 5) is 8.79. The number of rotatable bonds is 4. The fourth-order valence-electron chi connectivity index (χ4n) is 3.48. The molecule has 0 N–H and O–H groups in total. The van der Waals surface area contributed by atoms with Gasteiger partial charge in [-0.3, -0.25) is 4.31 Å². The maximum Gasteiger partial charge on any atom is 0.259 e. The fourth-order valence-corrected chi connectivity index (χ4v) is 5.29. The average Bonchev–Trinajstić information content (AvgIpc) is 3.41. The van der Waals surface area contributed by atoms with Crippen LogP contribution in [0.2, 0.25) is 5.02 Å². The van der Waals surface area contributed by atoms with Gasteiger partial charge in [0.1, 0.15) is 0 Å². The van der Waals surface area contributed by atoms with Crippen LogP contribution >= 0.6 is 11.6 Å². The number of imidazole rings is 1. The van der Waals surface area contributed by atoms with Crippen molar-refractivity contribution in [1.82, 2.24) is 19.7 Å². The molecule has 4 aromatic rings. The molecule has 1 aliphatic rings. The second-order valence-corrected chi connectivity index (χ2v) is 9.20. The number of fused-ring (bicyclic) bond motifs is 1. The number of aromatic nitrogens is 4. The highest BCUT2D eigenvalue weighted by atomic mass is 35.5. The summed E-state index contributed by atoms with van der Waals surface area (Å²) in [5, 5.41) is 4.39. The number of hydrogen-bond acceptors (Lipinski definition) is 6. The second kappa shape index (κ2) is 6.85. The van der Waals surface area contributed by atoms with Crippen molar-refractivity contribution in [2.75, 3.05) is 16.6 Å². The summed E-state index contributed by atoms with van der Waals surface area (Å²) in [6, 6.07) is 12.8. The minimum Gasteiger partial charge on any atom is -0.334 e. The van der Waals surface area contributed by atoms with Crippen LogP contribution in [0, 0.1) is 0 Å². The number of nitrogens with zero attached hydrogens (tertiary/aromatic N) is 5. The Morgan fingerprint density at radius 2 is 2.03 bits per heavy atom. The maximum absolute atomic E-state index is 12.1. The van der Waals surface area contributed by atoms with Gasteiger partial charge in [0.2, 0.25) is 10.0 Å². The Bertz CT molecular complexity index is 1310. The summed E-state index contributed by atoms with van der Waals surface area (Å²) in [6.07, 6.45) is 2.34. The Labute approximate surface area is 171 Å². The minimum absolute atomic E-state index is 0.155. The molecular weight excluding hydrogens is 414 g/mol. The highest BCUT2D eigenvalue weighted by Crippen LogP contribution is 2.33. The predicted octanol–water partition coefficient (Wildman–Crippen LogP) is 3.33. The van der Waals surface area contributed by atoms with Crippen molar-refractivity contribution < 1.29 is 12.9 Å². The van der Waals surface area contributed by atoms with Crippen LogP contribution in [0.1, 0.15) is 12.2 Å². The third-order valence-corrected chi connectivity index (χ3v) is 7.06. The lowest BCUT2D eigenvalue weighted by Gasteiger charge is -2.17. The molecule has 5 rings (SSSR count). The van der Waals surface area contributed by atoms with Crippen LogP contribution in [-0.4, -0.2) is 40.4 Å². The summed E-state index contributed by atoms with van der Waals surface area (Å²) < 4.78 is 32.9. The fraction of sp³-hybridized carbons (Fsp3) is 0.211. The molecule has 2 aromatic heterocycles. The van der Waals surface area contributed by atoms with Crippen LogP contribution < -0.4 is 4.31 Å². The molecular formula is C19H16ClN5O3S. The Morgan fingerprint density at radius 1 is 1.17 bits per heavy atom. The largest absolute Gasteiger partial charge is 0.334 e. The van der Waals surface area contributed by atoms with E-state index in [2.05, 4.69) is 15.1 Å². The summed E-state index contributed by atoms with van der Waals surface area (Å²) in [7, 11) is -3.26. The molecule has 1 saturated heterocycles. The van der Waals surface area contributed by atoms with E-state index in [4.69, 9.17) is 16.1 Å². The molecule has 0 unspecified atom stereocenters. The number of anilines is 1. The van der Waals surface area contributed by atoms with Crippen molar-refractivity contribution in [2.45, 2.75) is 13.0 Å². The number of benzene rings is 2. The number of para-hydroxylation sites is 2. The quantitative estimate of drug-likeness (QED) is 0.494. The Morgan fingerprint density at radius 3 is 2.83 bits per heavy atom. The van der Waals surface area contributed by atoms with Crippen molar-refractivity contribution in [3.05, 3.63) is 59.6 Å². The third-order valence-electron chi connectivity index (χ3n) is 4.88. The van der Waals surface area contributed by atoms with Gasteiger partial charge in [0.15, 0.2) is 5.82 Å². The van der Waals surface area contributed by atoms with Crippen molar-refractivity contribution in [3.63, 3.8) is 0 Å². The van der Waals surface area contributed by atoms with Gasteiger partial charge in [-0.15, -0.1) is 0 Å². The second-order valence-electron chi connectivity index (χ2n) is 6.78. The van der Waals surface area contributed by atoms with Crippen LogP contribution in [0.25, 0.3) is 22.5 Å². The Hall–Kier alpha value is -2.91. The highest BCUT2D eigenvalue weighted by Gasteiger charge is 2.29. The third kappa shape index (κ3) is 3.26. The lowest BCUT2D eigenvalue weighted by atomic mass is 10.2. The molecule has 8 nitrogen and oxygen atoms in total. The van der Waals surface area contributed by atoms with Crippen LogP contribution in [0.3, 0.4) is 0 Å². The van der Waals surface area contributed by atoms with E-state index >= 15 is 0 Å². The average molecular weight is 430 g/mol. The predicted molar refractivity (Wildman–Crippen MR) is 109 cm³/mol. The van der Waals surface area contributed by atoms with E-state index < -0.39 is 10.0 Å². The van der Waals surface area contributed by atoms with Gasteiger partial charge < -0.3 is 9.09 Å². The monoisotopic (exact) mass is 429 g/mol. The summed E-state index contributed by atoms with van der Waals surface area (Å²) in [5.41, 5.74) is 2.97. The molecule has 0 bridgehead atoms. The topological polar surface area (TPSA) is 94.1 Å². The molecule has 3 heterocycles. The van der Waals surface area contributed by atoms with Gasteiger partial charge in [0.25, 0.3) is 5.89 Å². The normalized spacial score (nSPS) is 16.0. The SMILES string of the molecule is O=S1(=O)CCCN1c1ccc(-c2nc(Cn3cnc4ccccc43)no2)c(Cl)c1. The standard InChI is InChI=1S/C19H16ClN5O3S/c20-15-10-13(25-8-3-9-29(25,26)27)6-7-14(15)19-22-18(23-28-19)11-24-12-21-16-4-1-2-5-17(16)24/h1-2,4-7,10,12H,3,8-9,11H2. The summed E-state index contributed by atoms with van der Waals surface area (Å²) in [6.45, 7) is 0.868. The van der Waals surface area contributed by atoms with Gasteiger partial charge in [0.05, 0.1) is 45.9 Å². The minimum atomic E-state index is -3.26. The molecule has 0 saturated carbocycles. The number of halogens is 1. The van der Waals surface area contributed by atoms with Crippen LogP contribution in [-0.2, 0) is 16.6 Å². The van der Waals surface area contributed by atoms with E-state index in [1.165, 1.54) is 4.31 Å². The van der Waals surface area contributed by atoms with Gasteiger partial charge in [-0.2, -0.15) is 4.98 Å².